The predicted molar refractivity (Wildman–Crippen MR) is 101 cm³/mol. The Morgan fingerprint density at radius 3 is 2.67 bits per heavy atom. The van der Waals surface area contributed by atoms with E-state index in [2.05, 4.69) is 6.92 Å². The van der Waals surface area contributed by atoms with Gasteiger partial charge in [0, 0.05) is 18.9 Å². The monoisotopic (exact) mass is 384 g/mol. The van der Waals surface area contributed by atoms with Crippen LogP contribution < -0.4 is 0 Å². The molecule has 0 amide bonds. The molecule has 0 aromatic rings. The molecule has 6 heteroatoms. The largest absolute Gasteiger partial charge is 0.464 e. The fourth-order valence-corrected chi connectivity index (χ4v) is 4.66. The van der Waals surface area contributed by atoms with Gasteiger partial charge >= 0.3 is 5.97 Å². The number of Topliss-reactive ketones (excluding diaryl/α,β-unsaturated/α-hetero) is 1. The lowest BCUT2D eigenvalue weighted by Gasteiger charge is -2.21. The van der Waals surface area contributed by atoms with Gasteiger partial charge in [0.2, 0.25) is 0 Å². The molecule has 0 spiro atoms. The lowest BCUT2D eigenvalue weighted by atomic mass is 9.89. The van der Waals surface area contributed by atoms with Crippen LogP contribution in [-0.2, 0) is 19.1 Å². The van der Waals surface area contributed by atoms with Gasteiger partial charge in [-0.3, -0.25) is 4.79 Å². The Morgan fingerprint density at radius 2 is 1.96 bits per heavy atom. The summed E-state index contributed by atoms with van der Waals surface area (Å²) in [5, 5.41) is 20.7. The molecule has 0 aromatic heterocycles. The molecular formula is C21H36O6. The molecule has 0 saturated heterocycles. The van der Waals surface area contributed by atoms with Crippen LogP contribution in [0.5, 0.6) is 0 Å². The number of carbonyl (C=O) groups excluding carboxylic acids is 2. The second-order valence-electron chi connectivity index (χ2n) is 8.00. The summed E-state index contributed by atoms with van der Waals surface area (Å²) in [6.07, 6.45) is 5.40. The minimum atomic E-state index is -0.694. The smallest absolute Gasteiger partial charge is 0.332 e. The highest BCUT2D eigenvalue weighted by Crippen LogP contribution is 2.62. The number of ether oxygens (including phenoxy) is 2. The Morgan fingerprint density at radius 1 is 1.19 bits per heavy atom. The summed E-state index contributed by atoms with van der Waals surface area (Å²) in [5.74, 6) is 0.569. The number of aliphatic hydroxyl groups excluding tert-OH is 2. The number of ketones is 1. The van der Waals surface area contributed by atoms with Crippen LogP contribution in [0.2, 0.25) is 0 Å². The molecule has 2 aliphatic rings. The first-order valence-corrected chi connectivity index (χ1v) is 10.6. The highest BCUT2D eigenvalue weighted by Gasteiger charge is 2.64. The third-order valence-corrected chi connectivity index (χ3v) is 6.08. The van der Waals surface area contributed by atoms with Crippen molar-refractivity contribution in [3.05, 3.63) is 0 Å². The van der Waals surface area contributed by atoms with Crippen molar-refractivity contribution in [2.75, 3.05) is 19.8 Å². The quantitative estimate of drug-likeness (QED) is 0.353. The topological polar surface area (TPSA) is 93.1 Å². The van der Waals surface area contributed by atoms with E-state index in [1.54, 1.807) is 6.92 Å². The number of hydrogen-bond donors (Lipinski definition) is 2. The van der Waals surface area contributed by atoms with Gasteiger partial charge in [-0.25, -0.2) is 4.79 Å². The maximum absolute atomic E-state index is 12.2. The van der Waals surface area contributed by atoms with Crippen molar-refractivity contribution in [2.24, 2.45) is 23.7 Å². The van der Waals surface area contributed by atoms with Gasteiger partial charge in [0.25, 0.3) is 0 Å². The van der Waals surface area contributed by atoms with Crippen molar-refractivity contribution in [1.29, 1.82) is 0 Å². The average Bonchev–Trinajstić information content (AvgIpc) is 3.23. The van der Waals surface area contributed by atoms with Crippen LogP contribution >= 0.6 is 0 Å². The molecule has 27 heavy (non-hydrogen) atoms. The normalized spacial score (nSPS) is 28.7. The summed E-state index contributed by atoms with van der Waals surface area (Å²) in [7, 11) is 0. The third-order valence-electron chi connectivity index (χ3n) is 6.08. The predicted octanol–water partition coefficient (Wildman–Crippen LogP) is 2.49. The molecule has 2 saturated carbocycles. The molecule has 0 aliphatic heterocycles. The summed E-state index contributed by atoms with van der Waals surface area (Å²) in [5.41, 5.74) is 0. The first-order chi connectivity index (χ1) is 13.0. The summed E-state index contributed by atoms with van der Waals surface area (Å²) in [4.78, 5) is 23.4. The van der Waals surface area contributed by atoms with Crippen LogP contribution in [0.1, 0.15) is 65.2 Å². The number of esters is 1. The zero-order valence-corrected chi connectivity index (χ0v) is 16.8. The van der Waals surface area contributed by atoms with Crippen LogP contribution in [0.4, 0.5) is 0 Å². The van der Waals surface area contributed by atoms with Crippen molar-refractivity contribution in [3.8, 4) is 0 Å². The van der Waals surface area contributed by atoms with Crippen LogP contribution in [0.3, 0.4) is 0 Å². The molecule has 2 fully saturated rings. The standard InChI is InChI=1S/C21H36O6/c1-3-5-6-10-16(22)21(25)20-15-12-17(23)14(19(15)20)9-7-8-11-26-13-18(24)27-4-2/h14-16,19-22,25H,3-13H2,1-2H3. The van der Waals surface area contributed by atoms with Gasteiger partial charge in [-0.05, 0) is 43.9 Å². The molecule has 6 unspecified atom stereocenters. The molecule has 0 radical (unpaired) electrons. The number of unbranched alkanes of at least 4 members (excludes halogenated alkanes) is 3. The second kappa shape index (κ2) is 11.1. The second-order valence-corrected chi connectivity index (χ2v) is 8.00. The third kappa shape index (κ3) is 6.26. The number of fused-ring (bicyclic) bond motifs is 1. The van der Waals surface area contributed by atoms with Gasteiger partial charge in [0.05, 0.1) is 18.8 Å². The Kier molecular flexibility index (Phi) is 9.19. The lowest BCUT2D eigenvalue weighted by Crippen LogP contribution is -2.31. The average molecular weight is 385 g/mol. The van der Waals surface area contributed by atoms with Gasteiger partial charge in [0.15, 0.2) is 0 Å². The number of hydrogen-bond acceptors (Lipinski definition) is 6. The Labute approximate surface area is 162 Å². The van der Waals surface area contributed by atoms with E-state index in [1.165, 1.54) is 0 Å². The van der Waals surface area contributed by atoms with Crippen LogP contribution in [-0.4, -0.2) is 54.0 Å². The van der Waals surface area contributed by atoms with Gasteiger partial charge in [0.1, 0.15) is 12.4 Å². The molecule has 0 aromatic carbocycles. The molecule has 0 heterocycles. The van der Waals surface area contributed by atoms with E-state index < -0.39 is 12.2 Å². The van der Waals surface area contributed by atoms with Gasteiger partial charge in [-0.1, -0.05) is 32.6 Å². The summed E-state index contributed by atoms with van der Waals surface area (Å²) in [6, 6.07) is 0. The molecule has 6 atom stereocenters. The number of aliphatic hydroxyl groups is 2. The zero-order chi connectivity index (χ0) is 19.8. The Bertz CT molecular complexity index is 479. The molecule has 6 nitrogen and oxygen atoms in total. The van der Waals surface area contributed by atoms with E-state index in [-0.39, 0.29) is 36.2 Å². The van der Waals surface area contributed by atoms with Crippen molar-refractivity contribution < 1.29 is 29.3 Å². The van der Waals surface area contributed by atoms with Crippen molar-refractivity contribution >= 4 is 11.8 Å². The lowest BCUT2D eigenvalue weighted by molar-refractivity contribution is -0.148. The minimum absolute atomic E-state index is 0.0162. The Hall–Kier alpha value is -0.980. The van der Waals surface area contributed by atoms with Gasteiger partial charge in [-0.2, -0.15) is 0 Å². The Balaban J connectivity index is 1.65. The van der Waals surface area contributed by atoms with E-state index in [9.17, 15) is 19.8 Å². The van der Waals surface area contributed by atoms with E-state index in [0.717, 1.165) is 38.5 Å². The zero-order valence-electron chi connectivity index (χ0n) is 16.8. The molecule has 2 N–H and O–H groups in total. The first-order valence-electron chi connectivity index (χ1n) is 10.6. The fourth-order valence-electron chi connectivity index (χ4n) is 4.66. The highest BCUT2D eigenvalue weighted by atomic mass is 16.6. The summed E-state index contributed by atoms with van der Waals surface area (Å²) in [6.45, 7) is 4.69. The maximum atomic E-state index is 12.2. The number of carbonyl (C=O) groups is 2. The van der Waals surface area contributed by atoms with Crippen molar-refractivity contribution in [3.63, 3.8) is 0 Å². The first kappa shape index (κ1) is 22.3. The van der Waals surface area contributed by atoms with Crippen LogP contribution in [0.25, 0.3) is 0 Å². The molecule has 2 aliphatic carbocycles. The SMILES string of the molecule is CCCCCC(O)C(O)C1C2CC(=O)C(CCCCOCC(=O)OCC)C21. The molecular weight excluding hydrogens is 348 g/mol. The maximum Gasteiger partial charge on any atom is 0.332 e. The van der Waals surface area contributed by atoms with Gasteiger partial charge in [-0.15, -0.1) is 0 Å². The van der Waals surface area contributed by atoms with E-state index >= 15 is 0 Å². The number of rotatable bonds is 14. The van der Waals surface area contributed by atoms with Crippen LogP contribution in [0, 0.1) is 23.7 Å². The van der Waals surface area contributed by atoms with Crippen molar-refractivity contribution in [1.82, 2.24) is 0 Å². The fraction of sp³-hybridized carbons (Fsp3) is 0.905. The van der Waals surface area contributed by atoms with E-state index in [1.807, 2.05) is 0 Å². The molecule has 2 rings (SSSR count). The highest BCUT2D eigenvalue weighted by molar-refractivity contribution is 5.85. The van der Waals surface area contributed by atoms with Crippen LogP contribution in [0.15, 0.2) is 0 Å². The summed E-state index contributed by atoms with van der Waals surface area (Å²) < 4.78 is 10.1. The molecule has 156 valence electrons. The summed E-state index contributed by atoms with van der Waals surface area (Å²) >= 11 is 0. The van der Waals surface area contributed by atoms with Crippen molar-refractivity contribution in [2.45, 2.75) is 77.4 Å². The van der Waals surface area contributed by atoms with E-state index in [4.69, 9.17) is 9.47 Å². The minimum Gasteiger partial charge on any atom is -0.464 e. The van der Waals surface area contributed by atoms with Gasteiger partial charge < -0.3 is 19.7 Å². The molecule has 0 bridgehead atoms. The van der Waals surface area contributed by atoms with E-state index in [0.29, 0.717) is 31.8 Å².